The van der Waals surface area contributed by atoms with Crippen molar-refractivity contribution in [3.63, 3.8) is 0 Å². The highest BCUT2D eigenvalue weighted by Gasteiger charge is 2.18. The molecule has 0 spiro atoms. The Morgan fingerprint density at radius 3 is 1.74 bits per heavy atom. The Kier molecular flexibility index (Phi) is 6.56. The molecule has 2 heterocycles. The van der Waals surface area contributed by atoms with Crippen molar-refractivity contribution in [1.82, 2.24) is 9.13 Å². The maximum Gasteiger partial charge on any atom is 0.0992 e. The summed E-state index contributed by atoms with van der Waals surface area (Å²) in [5, 5.41) is 34.0. The van der Waals surface area contributed by atoms with Crippen LogP contribution in [0.5, 0.6) is 0 Å². The number of aromatic nitrogens is 2. The Morgan fingerprint density at radius 2 is 0.980 bits per heavy atom. The normalized spacial score (nSPS) is 11.1. The number of nitrogens with zero attached hydrogens (tertiary/aromatic N) is 5. The fourth-order valence-electron chi connectivity index (χ4n) is 7.37. The van der Waals surface area contributed by atoms with Gasteiger partial charge in [-0.25, -0.2) is 0 Å². The third kappa shape index (κ3) is 4.45. The molecule has 0 amide bonds. The predicted molar refractivity (Wildman–Crippen MR) is 200 cm³/mol. The van der Waals surface area contributed by atoms with E-state index in [1.807, 2.05) is 60.7 Å². The number of para-hydroxylation sites is 3. The molecule has 9 rings (SSSR count). The summed E-state index contributed by atoms with van der Waals surface area (Å²) in [7, 11) is 0. The molecule has 0 atom stereocenters. The van der Waals surface area contributed by atoms with Crippen LogP contribution in [0.4, 0.5) is 0 Å². The second-order valence-electron chi connectivity index (χ2n) is 12.4. The van der Waals surface area contributed by atoms with Gasteiger partial charge in [0.2, 0.25) is 0 Å². The predicted octanol–water partition coefficient (Wildman–Crippen LogP) is 10.8. The summed E-state index contributed by atoms with van der Waals surface area (Å²) in [6.45, 7) is 0. The van der Waals surface area contributed by atoms with E-state index in [4.69, 9.17) is 0 Å². The molecule has 9 aromatic rings. The van der Waals surface area contributed by atoms with Crippen molar-refractivity contribution >= 4 is 43.6 Å². The molecule has 7 aromatic carbocycles. The number of nitriles is 3. The first-order chi connectivity index (χ1) is 24.6. The van der Waals surface area contributed by atoms with Crippen molar-refractivity contribution in [3.05, 3.63) is 168 Å². The number of rotatable bonds is 4. The van der Waals surface area contributed by atoms with Gasteiger partial charge in [-0.2, -0.15) is 15.8 Å². The highest BCUT2D eigenvalue weighted by atomic mass is 15.0. The SMILES string of the molecule is N#Cc1cc(-c2cccc(-n3c4ccccc4c4ccccc43)c2)cc(-c2ccccc2-n2c3ccc(C#N)cc3c3ccc(C#N)cc32)c1. The zero-order valence-electron chi connectivity index (χ0n) is 26.7. The van der Waals surface area contributed by atoms with E-state index in [0.717, 1.165) is 66.5 Å². The monoisotopic (exact) mass is 635 g/mol. The third-order valence-electron chi connectivity index (χ3n) is 9.56. The van der Waals surface area contributed by atoms with Crippen LogP contribution >= 0.6 is 0 Å². The van der Waals surface area contributed by atoms with Crippen molar-refractivity contribution in [1.29, 1.82) is 15.8 Å². The summed E-state index contributed by atoms with van der Waals surface area (Å²) in [6, 6.07) is 57.9. The lowest BCUT2D eigenvalue weighted by Crippen LogP contribution is -1.98. The molecule has 5 heteroatoms. The van der Waals surface area contributed by atoms with Crippen LogP contribution in [0.25, 0.3) is 77.2 Å². The second kappa shape index (κ2) is 11.4. The van der Waals surface area contributed by atoms with Crippen LogP contribution < -0.4 is 0 Å². The molecule has 0 saturated heterocycles. The maximum absolute atomic E-state index is 10.2. The molecule has 5 nitrogen and oxygen atoms in total. The van der Waals surface area contributed by atoms with E-state index in [0.29, 0.717) is 16.7 Å². The van der Waals surface area contributed by atoms with Crippen LogP contribution in [0, 0.1) is 34.0 Å². The molecular weight excluding hydrogens is 611 g/mol. The van der Waals surface area contributed by atoms with Gasteiger partial charge >= 0.3 is 0 Å². The van der Waals surface area contributed by atoms with Gasteiger partial charge in [0.05, 0.1) is 62.7 Å². The van der Waals surface area contributed by atoms with Crippen LogP contribution in [0.15, 0.2) is 152 Å². The van der Waals surface area contributed by atoms with Crippen molar-refractivity contribution in [2.45, 2.75) is 0 Å². The molecule has 0 N–H and O–H groups in total. The van der Waals surface area contributed by atoms with Crippen molar-refractivity contribution < 1.29 is 0 Å². The van der Waals surface area contributed by atoms with Crippen LogP contribution in [0.2, 0.25) is 0 Å². The first kappa shape index (κ1) is 28.8. The molecule has 0 aliphatic rings. The minimum Gasteiger partial charge on any atom is -0.309 e. The molecule has 0 bridgehead atoms. The van der Waals surface area contributed by atoms with E-state index >= 15 is 0 Å². The van der Waals surface area contributed by atoms with Gasteiger partial charge in [0.15, 0.2) is 0 Å². The van der Waals surface area contributed by atoms with E-state index in [-0.39, 0.29) is 0 Å². The smallest absolute Gasteiger partial charge is 0.0992 e. The first-order valence-corrected chi connectivity index (χ1v) is 16.3. The molecular formula is C45H25N5. The van der Waals surface area contributed by atoms with E-state index in [1.165, 1.54) is 10.8 Å². The largest absolute Gasteiger partial charge is 0.309 e. The average Bonchev–Trinajstić information content (AvgIpc) is 3.69. The molecule has 0 saturated carbocycles. The standard InChI is InChI=1S/C45H25N5/c46-26-29-17-19-44-40(22-29)39-18-16-30(27-47)23-45(39)50(44)41-13-4-1-10-36(41)34-21-31(28-48)20-33(24-34)32-8-7-9-35(25-32)49-42-14-5-2-11-37(42)38-12-3-6-15-43(38)49/h1-25H. The highest BCUT2D eigenvalue weighted by Crippen LogP contribution is 2.39. The minimum atomic E-state index is 0.552. The Morgan fingerprint density at radius 1 is 0.360 bits per heavy atom. The van der Waals surface area contributed by atoms with Crippen LogP contribution in [0.3, 0.4) is 0 Å². The fourth-order valence-corrected chi connectivity index (χ4v) is 7.37. The quantitative estimate of drug-likeness (QED) is 0.193. The summed E-state index contributed by atoms with van der Waals surface area (Å²) in [5.41, 5.74) is 11.5. The number of hydrogen-bond acceptors (Lipinski definition) is 3. The minimum absolute atomic E-state index is 0.552. The summed E-state index contributed by atoms with van der Waals surface area (Å²) in [4.78, 5) is 0. The van der Waals surface area contributed by atoms with Gasteiger partial charge in [0.1, 0.15) is 0 Å². The molecule has 0 unspecified atom stereocenters. The third-order valence-corrected chi connectivity index (χ3v) is 9.56. The van der Waals surface area contributed by atoms with Crippen LogP contribution in [-0.4, -0.2) is 9.13 Å². The van der Waals surface area contributed by atoms with Gasteiger partial charge < -0.3 is 9.13 Å². The summed E-state index contributed by atoms with van der Waals surface area (Å²) in [5.74, 6) is 0. The maximum atomic E-state index is 10.2. The van der Waals surface area contributed by atoms with Gasteiger partial charge in [-0.1, -0.05) is 72.8 Å². The fraction of sp³-hybridized carbons (Fsp3) is 0. The van der Waals surface area contributed by atoms with Gasteiger partial charge in [0, 0.05) is 32.8 Å². The van der Waals surface area contributed by atoms with Gasteiger partial charge in [-0.05, 0) is 95.6 Å². The molecule has 0 radical (unpaired) electrons. The van der Waals surface area contributed by atoms with E-state index in [2.05, 4.69) is 118 Å². The van der Waals surface area contributed by atoms with Crippen LogP contribution in [-0.2, 0) is 0 Å². The Labute approximate surface area is 287 Å². The summed E-state index contributed by atoms with van der Waals surface area (Å²) in [6.07, 6.45) is 0. The molecule has 50 heavy (non-hydrogen) atoms. The molecule has 0 aliphatic heterocycles. The summed E-state index contributed by atoms with van der Waals surface area (Å²) < 4.78 is 4.46. The van der Waals surface area contributed by atoms with Gasteiger partial charge in [-0.3, -0.25) is 0 Å². The Hall–Kier alpha value is -7.39. The topological polar surface area (TPSA) is 81.2 Å². The Balaban J connectivity index is 1.25. The molecule has 0 aliphatic carbocycles. The lowest BCUT2D eigenvalue weighted by molar-refractivity contribution is 1.18. The van der Waals surface area contributed by atoms with Gasteiger partial charge in [0.25, 0.3) is 0 Å². The molecule has 230 valence electrons. The summed E-state index contributed by atoms with van der Waals surface area (Å²) >= 11 is 0. The van der Waals surface area contributed by atoms with Crippen molar-refractivity contribution in [3.8, 4) is 51.8 Å². The molecule has 2 aromatic heterocycles. The average molecular weight is 636 g/mol. The molecule has 0 fully saturated rings. The first-order valence-electron chi connectivity index (χ1n) is 16.3. The van der Waals surface area contributed by atoms with E-state index < -0.39 is 0 Å². The lowest BCUT2D eigenvalue weighted by atomic mass is 9.95. The number of hydrogen-bond donors (Lipinski definition) is 0. The van der Waals surface area contributed by atoms with Crippen LogP contribution in [0.1, 0.15) is 16.7 Å². The zero-order valence-corrected chi connectivity index (χ0v) is 26.7. The van der Waals surface area contributed by atoms with E-state index in [9.17, 15) is 15.8 Å². The lowest BCUT2D eigenvalue weighted by Gasteiger charge is -2.16. The highest BCUT2D eigenvalue weighted by molar-refractivity contribution is 6.11. The van der Waals surface area contributed by atoms with Gasteiger partial charge in [-0.15, -0.1) is 0 Å². The number of fused-ring (bicyclic) bond motifs is 6. The zero-order chi connectivity index (χ0) is 33.8. The van der Waals surface area contributed by atoms with Crippen molar-refractivity contribution in [2.75, 3.05) is 0 Å². The second-order valence-corrected chi connectivity index (χ2v) is 12.4. The van der Waals surface area contributed by atoms with Crippen molar-refractivity contribution in [2.24, 2.45) is 0 Å². The number of benzene rings is 7. The van der Waals surface area contributed by atoms with E-state index in [1.54, 1.807) is 0 Å². The Bertz CT molecular complexity index is 2920.